The van der Waals surface area contributed by atoms with Crippen LogP contribution in [-0.4, -0.2) is 25.7 Å². The molecule has 4 unspecified atom stereocenters. The van der Waals surface area contributed by atoms with E-state index in [1.807, 2.05) is 27.7 Å². The summed E-state index contributed by atoms with van der Waals surface area (Å²) in [6.07, 6.45) is -0.364. The van der Waals surface area contributed by atoms with Crippen LogP contribution in [0.15, 0.2) is 0 Å². The Hall–Kier alpha value is -1.14. The monoisotopic (exact) mass is 269 g/mol. The van der Waals surface area contributed by atoms with Gasteiger partial charge in [-0.05, 0) is 27.7 Å². The Morgan fingerprint density at radius 2 is 1.16 bits per heavy atom. The Bertz CT molecular complexity index is 255. The Kier molecular flexibility index (Phi) is 14.1. The maximum absolute atomic E-state index is 8.60. The average Bonchev–Trinajstić information content (AvgIpc) is 2.44. The SMILES string of the molecule is CC.CC(C#N)COC(C)NC(C)OCC(C)C#N. The van der Waals surface area contributed by atoms with Crippen LogP contribution in [0.5, 0.6) is 0 Å². The van der Waals surface area contributed by atoms with Crippen LogP contribution >= 0.6 is 0 Å². The van der Waals surface area contributed by atoms with Gasteiger partial charge in [0.1, 0.15) is 12.5 Å². The molecular weight excluding hydrogens is 242 g/mol. The first-order valence-electron chi connectivity index (χ1n) is 6.78. The molecule has 1 N–H and O–H groups in total. The summed E-state index contributed by atoms with van der Waals surface area (Å²) in [7, 11) is 0. The predicted octanol–water partition coefficient (Wildman–Crippen LogP) is 2.65. The van der Waals surface area contributed by atoms with E-state index < -0.39 is 0 Å². The molecule has 5 heteroatoms. The summed E-state index contributed by atoms with van der Waals surface area (Å²) in [6.45, 7) is 12.1. The molecule has 0 aliphatic carbocycles. The molecule has 19 heavy (non-hydrogen) atoms. The van der Waals surface area contributed by atoms with Crippen molar-refractivity contribution in [3.63, 3.8) is 0 Å². The van der Waals surface area contributed by atoms with Gasteiger partial charge in [-0.25, -0.2) is 0 Å². The van der Waals surface area contributed by atoms with E-state index >= 15 is 0 Å². The summed E-state index contributed by atoms with van der Waals surface area (Å²) in [5.74, 6) is -0.233. The zero-order valence-electron chi connectivity index (χ0n) is 12.9. The van der Waals surface area contributed by atoms with Crippen LogP contribution in [0.2, 0.25) is 0 Å². The van der Waals surface area contributed by atoms with Crippen molar-refractivity contribution in [3.05, 3.63) is 0 Å². The molecule has 0 fully saturated rings. The number of hydrogen-bond acceptors (Lipinski definition) is 5. The molecule has 4 atom stereocenters. The topological polar surface area (TPSA) is 78.1 Å². The lowest BCUT2D eigenvalue weighted by atomic mass is 10.2. The third-order valence-corrected chi connectivity index (χ3v) is 2.10. The van der Waals surface area contributed by atoms with E-state index in [-0.39, 0.29) is 24.3 Å². The normalized spacial score (nSPS) is 16.0. The molecule has 0 aromatic carbocycles. The molecule has 0 aliphatic rings. The maximum Gasteiger partial charge on any atom is 0.107 e. The first kappa shape index (κ1) is 20.2. The van der Waals surface area contributed by atoms with Gasteiger partial charge in [0.15, 0.2) is 0 Å². The van der Waals surface area contributed by atoms with Crippen LogP contribution < -0.4 is 5.32 Å². The van der Waals surface area contributed by atoms with Crippen LogP contribution in [0.25, 0.3) is 0 Å². The quantitative estimate of drug-likeness (QED) is 0.685. The first-order chi connectivity index (χ1) is 8.99. The standard InChI is InChI=1S/C12H21N3O2.C2H6/c1-9(5-13)7-16-11(3)15-12(4)17-8-10(2)6-14;1-2/h9-12,15H,7-8H2,1-4H3;1-2H3. The van der Waals surface area contributed by atoms with E-state index in [9.17, 15) is 0 Å². The van der Waals surface area contributed by atoms with Crippen LogP contribution in [0.4, 0.5) is 0 Å². The minimum absolute atomic E-state index is 0.117. The van der Waals surface area contributed by atoms with Gasteiger partial charge in [-0.2, -0.15) is 10.5 Å². The van der Waals surface area contributed by atoms with E-state index in [1.165, 1.54) is 0 Å². The fourth-order valence-electron chi connectivity index (χ4n) is 1.08. The van der Waals surface area contributed by atoms with Gasteiger partial charge < -0.3 is 9.47 Å². The van der Waals surface area contributed by atoms with Crippen molar-refractivity contribution < 1.29 is 9.47 Å². The van der Waals surface area contributed by atoms with Gasteiger partial charge in [-0.1, -0.05) is 13.8 Å². The van der Waals surface area contributed by atoms with Crippen molar-refractivity contribution in [1.82, 2.24) is 5.32 Å². The third-order valence-electron chi connectivity index (χ3n) is 2.10. The summed E-state index contributed by atoms with van der Waals surface area (Å²) >= 11 is 0. The van der Waals surface area contributed by atoms with Crippen molar-refractivity contribution in [2.24, 2.45) is 11.8 Å². The molecule has 0 radical (unpaired) electrons. The second kappa shape index (κ2) is 13.3. The van der Waals surface area contributed by atoms with Gasteiger partial charge in [-0.15, -0.1) is 0 Å². The number of ether oxygens (including phenoxy) is 2. The van der Waals surface area contributed by atoms with Crippen LogP contribution in [0.3, 0.4) is 0 Å². The number of rotatable bonds is 8. The fourth-order valence-corrected chi connectivity index (χ4v) is 1.08. The molecule has 0 spiro atoms. The second-order valence-corrected chi connectivity index (χ2v) is 4.18. The van der Waals surface area contributed by atoms with Gasteiger partial charge >= 0.3 is 0 Å². The second-order valence-electron chi connectivity index (χ2n) is 4.18. The largest absolute Gasteiger partial charge is 0.362 e. The zero-order valence-corrected chi connectivity index (χ0v) is 12.9. The number of nitrogens with zero attached hydrogens (tertiary/aromatic N) is 2. The minimum Gasteiger partial charge on any atom is -0.362 e. The van der Waals surface area contributed by atoms with E-state index in [1.54, 1.807) is 13.8 Å². The first-order valence-corrected chi connectivity index (χ1v) is 6.78. The van der Waals surface area contributed by atoms with Crippen LogP contribution in [0, 0.1) is 34.5 Å². The molecule has 0 saturated heterocycles. The lowest BCUT2D eigenvalue weighted by Crippen LogP contribution is -2.39. The molecule has 0 aliphatic heterocycles. The molecule has 110 valence electrons. The Labute approximate surface area is 117 Å². The Morgan fingerprint density at radius 1 is 0.842 bits per heavy atom. The van der Waals surface area contributed by atoms with Gasteiger partial charge in [0, 0.05) is 0 Å². The van der Waals surface area contributed by atoms with Crippen molar-refractivity contribution in [3.8, 4) is 12.1 Å². The smallest absolute Gasteiger partial charge is 0.107 e. The highest BCUT2D eigenvalue weighted by atomic mass is 16.5. The number of nitrogens with one attached hydrogen (secondary N) is 1. The number of nitriles is 2. The van der Waals surface area contributed by atoms with Crippen LogP contribution in [0.1, 0.15) is 41.5 Å². The third kappa shape index (κ3) is 13.1. The highest BCUT2D eigenvalue weighted by molar-refractivity contribution is 4.78. The summed E-state index contributed by atoms with van der Waals surface area (Å²) in [5.41, 5.74) is 0. The Morgan fingerprint density at radius 3 is 1.42 bits per heavy atom. The average molecular weight is 269 g/mol. The highest BCUT2D eigenvalue weighted by Crippen LogP contribution is 2.00. The summed E-state index contributed by atoms with van der Waals surface area (Å²) in [4.78, 5) is 0. The van der Waals surface area contributed by atoms with E-state index in [4.69, 9.17) is 20.0 Å². The molecule has 5 nitrogen and oxygen atoms in total. The van der Waals surface area contributed by atoms with Crippen molar-refractivity contribution in [2.45, 2.75) is 54.0 Å². The van der Waals surface area contributed by atoms with Gasteiger partial charge in [0.25, 0.3) is 0 Å². The van der Waals surface area contributed by atoms with E-state index in [2.05, 4.69) is 17.5 Å². The van der Waals surface area contributed by atoms with Crippen molar-refractivity contribution >= 4 is 0 Å². The fraction of sp³-hybridized carbons (Fsp3) is 0.857. The van der Waals surface area contributed by atoms with Gasteiger partial charge in [-0.3, -0.25) is 5.32 Å². The summed E-state index contributed by atoms with van der Waals surface area (Å²) in [5, 5.41) is 20.3. The molecule has 0 bridgehead atoms. The molecule has 0 rings (SSSR count). The highest BCUT2D eigenvalue weighted by Gasteiger charge is 2.10. The van der Waals surface area contributed by atoms with Crippen molar-refractivity contribution in [2.75, 3.05) is 13.2 Å². The molecule has 0 saturated carbocycles. The minimum atomic E-state index is -0.182. The lowest BCUT2D eigenvalue weighted by molar-refractivity contribution is -0.0386. The molecular formula is C14H27N3O2. The van der Waals surface area contributed by atoms with Crippen molar-refractivity contribution in [1.29, 1.82) is 10.5 Å². The van der Waals surface area contributed by atoms with Crippen LogP contribution in [-0.2, 0) is 9.47 Å². The van der Waals surface area contributed by atoms with Gasteiger partial charge in [0.05, 0.1) is 37.2 Å². The van der Waals surface area contributed by atoms with Gasteiger partial charge in [0.2, 0.25) is 0 Å². The maximum atomic E-state index is 8.60. The molecule has 0 aromatic rings. The number of hydrogen-bond donors (Lipinski definition) is 1. The Balaban J connectivity index is 0. The summed E-state index contributed by atoms with van der Waals surface area (Å²) in [6, 6.07) is 4.20. The van der Waals surface area contributed by atoms with E-state index in [0.29, 0.717) is 13.2 Å². The lowest BCUT2D eigenvalue weighted by Gasteiger charge is -2.21. The van der Waals surface area contributed by atoms with E-state index in [0.717, 1.165) is 0 Å². The predicted molar refractivity (Wildman–Crippen MR) is 74.9 cm³/mol. The molecule has 0 aromatic heterocycles. The molecule has 0 amide bonds. The molecule has 0 heterocycles. The summed E-state index contributed by atoms with van der Waals surface area (Å²) < 4.78 is 10.8. The zero-order chi connectivity index (χ0) is 15.3.